The maximum absolute atomic E-state index is 14.3. The molecule has 3 nitrogen and oxygen atoms in total. The van der Waals surface area contributed by atoms with Crippen LogP contribution < -0.4 is 0 Å². The van der Waals surface area contributed by atoms with E-state index >= 15 is 0 Å². The SMILES string of the molecule is Cc1nnc(C#N)c(-c2c(F)cc(F)cc2F)c1-c1ccccc1. The van der Waals surface area contributed by atoms with Crippen LogP contribution in [-0.2, 0) is 0 Å². The lowest BCUT2D eigenvalue weighted by Crippen LogP contribution is -2.03. The lowest BCUT2D eigenvalue weighted by atomic mass is 9.92. The molecule has 3 rings (SSSR count). The van der Waals surface area contributed by atoms with Gasteiger partial charge < -0.3 is 0 Å². The van der Waals surface area contributed by atoms with Crippen LogP contribution in [-0.4, -0.2) is 10.2 Å². The van der Waals surface area contributed by atoms with E-state index in [1.807, 2.05) is 0 Å². The standard InChI is InChI=1S/C18H10F3N3/c1-10-16(11-5-3-2-4-6-11)18(15(9-22)24-23-10)17-13(20)7-12(19)8-14(17)21/h2-8H,1H3. The van der Waals surface area contributed by atoms with Crippen LogP contribution in [0.2, 0.25) is 0 Å². The number of benzene rings is 2. The van der Waals surface area contributed by atoms with E-state index < -0.39 is 23.0 Å². The number of hydrogen-bond donors (Lipinski definition) is 0. The van der Waals surface area contributed by atoms with Crippen molar-refractivity contribution in [2.24, 2.45) is 0 Å². The fourth-order valence-corrected chi connectivity index (χ4v) is 2.59. The fraction of sp³-hybridized carbons (Fsp3) is 0.0556. The van der Waals surface area contributed by atoms with Crippen molar-refractivity contribution >= 4 is 0 Å². The molecule has 3 aromatic rings. The van der Waals surface area contributed by atoms with Crippen LogP contribution in [0.3, 0.4) is 0 Å². The summed E-state index contributed by atoms with van der Waals surface area (Å²) in [7, 11) is 0. The third kappa shape index (κ3) is 2.61. The van der Waals surface area contributed by atoms with Gasteiger partial charge in [0.25, 0.3) is 0 Å². The van der Waals surface area contributed by atoms with Gasteiger partial charge in [-0.1, -0.05) is 30.3 Å². The maximum Gasteiger partial charge on any atom is 0.171 e. The van der Waals surface area contributed by atoms with Gasteiger partial charge in [0.15, 0.2) is 5.69 Å². The minimum Gasteiger partial charge on any atom is -0.207 e. The second kappa shape index (κ2) is 6.13. The highest BCUT2D eigenvalue weighted by Gasteiger charge is 2.24. The van der Waals surface area contributed by atoms with Crippen LogP contribution in [0.1, 0.15) is 11.4 Å². The third-order valence-electron chi connectivity index (χ3n) is 3.57. The van der Waals surface area contributed by atoms with E-state index in [1.54, 1.807) is 43.3 Å². The van der Waals surface area contributed by atoms with Gasteiger partial charge in [-0.15, -0.1) is 5.10 Å². The Bertz CT molecular complexity index is 940. The number of hydrogen-bond acceptors (Lipinski definition) is 3. The number of rotatable bonds is 2. The molecule has 24 heavy (non-hydrogen) atoms. The zero-order valence-electron chi connectivity index (χ0n) is 12.5. The van der Waals surface area contributed by atoms with Gasteiger partial charge in [0.2, 0.25) is 0 Å². The lowest BCUT2D eigenvalue weighted by Gasteiger charge is -2.14. The van der Waals surface area contributed by atoms with Crippen molar-refractivity contribution in [3.8, 4) is 28.3 Å². The minimum absolute atomic E-state index is 0.0359. The Morgan fingerprint density at radius 1 is 0.875 bits per heavy atom. The summed E-state index contributed by atoms with van der Waals surface area (Å²) < 4.78 is 41.8. The molecule has 0 amide bonds. The molecule has 0 aliphatic carbocycles. The first-order valence-corrected chi connectivity index (χ1v) is 7.00. The van der Waals surface area contributed by atoms with Crippen molar-refractivity contribution in [3.63, 3.8) is 0 Å². The number of nitrogens with zero attached hydrogens (tertiary/aromatic N) is 3. The first kappa shape index (κ1) is 15.7. The fourth-order valence-electron chi connectivity index (χ4n) is 2.59. The molecule has 0 bridgehead atoms. The predicted molar refractivity (Wildman–Crippen MR) is 82.2 cm³/mol. The van der Waals surface area contributed by atoms with E-state index in [2.05, 4.69) is 10.2 Å². The molecule has 0 saturated heterocycles. The van der Waals surface area contributed by atoms with Crippen molar-refractivity contribution in [1.82, 2.24) is 10.2 Å². The van der Waals surface area contributed by atoms with Crippen LogP contribution in [0.15, 0.2) is 42.5 Å². The molecule has 1 aromatic heterocycles. The molecule has 0 saturated carbocycles. The summed E-state index contributed by atoms with van der Waals surface area (Å²) in [5, 5.41) is 16.9. The monoisotopic (exact) mass is 325 g/mol. The zero-order valence-corrected chi connectivity index (χ0v) is 12.5. The molecule has 0 atom stereocenters. The van der Waals surface area contributed by atoms with Crippen LogP contribution in [0.5, 0.6) is 0 Å². The first-order chi connectivity index (χ1) is 11.5. The van der Waals surface area contributed by atoms with E-state index in [0.717, 1.165) is 0 Å². The summed E-state index contributed by atoms with van der Waals surface area (Å²) in [6.45, 7) is 1.62. The van der Waals surface area contributed by atoms with Crippen LogP contribution >= 0.6 is 0 Å². The topological polar surface area (TPSA) is 49.6 Å². The largest absolute Gasteiger partial charge is 0.207 e. The Morgan fingerprint density at radius 3 is 2.08 bits per heavy atom. The number of aryl methyl sites for hydroxylation is 1. The maximum atomic E-state index is 14.3. The zero-order chi connectivity index (χ0) is 17.3. The second-order valence-electron chi connectivity index (χ2n) is 5.11. The van der Waals surface area contributed by atoms with E-state index in [9.17, 15) is 18.4 Å². The van der Waals surface area contributed by atoms with Gasteiger partial charge in [-0.2, -0.15) is 10.4 Å². The van der Waals surface area contributed by atoms with Gasteiger partial charge in [0, 0.05) is 23.3 Å². The molecule has 0 aliphatic heterocycles. The molecule has 2 aromatic carbocycles. The van der Waals surface area contributed by atoms with Gasteiger partial charge in [-0.25, -0.2) is 13.2 Å². The molecule has 0 spiro atoms. The van der Waals surface area contributed by atoms with Gasteiger partial charge in [-0.05, 0) is 12.5 Å². The summed E-state index contributed by atoms with van der Waals surface area (Å²) in [5.41, 5.74) is 0.643. The highest BCUT2D eigenvalue weighted by Crippen LogP contribution is 2.38. The van der Waals surface area contributed by atoms with E-state index in [-0.39, 0.29) is 11.3 Å². The molecule has 0 radical (unpaired) electrons. The molecular formula is C18H10F3N3. The Labute approximate surface area is 136 Å². The van der Waals surface area contributed by atoms with E-state index in [0.29, 0.717) is 29.0 Å². The second-order valence-corrected chi connectivity index (χ2v) is 5.11. The molecule has 0 aliphatic rings. The average Bonchev–Trinajstić information content (AvgIpc) is 2.55. The Balaban J connectivity index is 2.45. The molecular weight excluding hydrogens is 315 g/mol. The third-order valence-corrected chi connectivity index (χ3v) is 3.57. The first-order valence-electron chi connectivity index (χ1n) is 7.00. The van der Waals surface area contributed by atoms with Crippen LogP contribution in [0.4, 0.5) is 13.2 Å². The normalized spacial score (nSPS) is 10.5. The smallest absolute Gasteiger partial charge is 0.171 e. The molecule has 0 unspecified atom stereocenters. The summed E-state index contributed by atoms with van der Waals surface area (Å²) in [6, 6.07) is 11.7. The molecule has 1 heterocycles. The van der Waals surface area contributed by atoms with Gasteiger partial charge in [-0.3, -0.25) is 0 Å². The quantitative estimate of drug-likeness (QED) is 0.701. The minimum atomic E-state index is -1.10. The summed E-state index contributed by atoms with van der Waals surface area (Å²) in [6.07, 6.45) is 0. The van der Waals surface area contributed by atoms with Crippen molar-refractivity contribution in [2.75, 3.05) is 0 Å². The van der Waals surface area contributed by atoms with Gasteiger partial charge >= 0.3 is 0 Å². The Hall–Kier alpha value is -3.20. The summed E-state index contributed by atoms with van der Waals surface area (Å²) in [4.78, 5) is 0. The van der Waals surface area contributed by atoms with Crippen LogP contribution in [0, 0.1) is 35.7 Å². The van der Waals surface area contributed by atoms with Gasteiger partial charge in [0.1, 0.15) is 23.5 Å². The van der Waals surface area contributed by atoms with Crippen molar-refractivity contribution in [3.05, 3.63) is 71.3 Å². The highest BCUT2D eigenvalue weighted by atomic mass is 19.1. The molecule has 0 fully saturated rings. The van der Waals surface area contributed by atoms with Crippen molar-refractivity contribution in [1.29, 1.82) is 5.26 Å². The summed E-state index contributed by atoms with van der Waals surface area (Å²) in [5.74, 6) is -3.24. The average molecular weight is 325 g/mol. The number of aromatic nitrogens is 2. The van der Waals surface area contributed by atoms with Crippen LogP contribution in [0.25, 0.3) is 22.3 Å². The van der Waals surface area contributed by atoms with E-state index in [4.69, 9.17) is 0 Å². The molecule has 0 N–H and O–H groups in total. The predicted octanol–water partition coefficient (Wildman–Crippen LogP) is 4.41. The number of nitriles is 1. The Morgan fingerprint density at radius 2 is 1.50 bits per heavy atom. The van der Waals surface area contributed by atoms with E-state index in [1.165, 1.54) is 0 Å². The molecule has 6 heteroatoms. The van der Waals surface area contributed by atoms with Gasteiger partial charge in [0.05, 0.1) is 11.3 Å². The Kier molecular flexibility index (Phi) is 4.00. The van der Waals surface area contributed by atoms with Crippen molar-refractivity contribution < 1.29 is 13.2 Å². The molecule has 118 valence electrons. The summed E-state index contributed by atoms with van der Waals surface area (Å²) >= 11 is 0. The van der Waals surface area contributed by atoms with Crippen molar-refractivity contribution in [2.45, 2.75) is 6.92 Å². The highest BCUT2D eigenvalue weighted by molar-refractivity contribution is 5.87. The number of halogens is 3. The lowest BCUT2D eigenvalue weighted by molar-refractivity contribution is 0.548.